The van der Waals surface area contributed by atoms with E-state index in [2.05, 4.69) is 25.4 Å². The maximum absolute atomic E-state index is 13.1. The van der Waals surface area contributed by atoms with Crippen LogP contribution in [0.4, 0.5) is 0 Å². The maximum atomic E-state index is 13.1. The second-order valence-electron chi connectivity index (χ2n) is 9.65. The number of nitrogens with one attached hydrogen (secondary N) is 1. The Morgan fingerprint density at radius 2 is 1.81 bits per heavy atom. The Labute approximate surface area is 214 Å². The number of H-pyrrole nitrogens is 1. The smallest absolute Gasteiger partial charge is 0.252 e. The lowest BCUT2D eigenvalue weighted by Gasteiger charge is -2.28. The van der Waals surface area contributed by atoms with Gasteiger partial charge in [-0.25, -0.2) is 4.68 Å². The Hall–Kier alpha value is -3.92. The molecular weight excluding hydrogens is 472 g/mol. The van der Waals surface area contributed by atoms with E-state index in [1.165, 1.54) is 12.8 Å². The van der Waals surface area contributed by atoms with Crippen LogP contribution in [0.1, 0.15) is 42.6 Å². The first-order valence-corrected chi connectivity index (χ1v) is 12.7. The first-order chi connectivity index (χ1) is 18.2. The number of ether oxygens (including phenoxy) is 3. The van der Waals surface area contributed by atoms with Crippen molar-refractivity contribution in [1.29, 1.82) is 0 Å². The van der Waals surface area contributed by atoms with Crippen LogP contribution in [0.15, 0.2) is 47.3 Å². The number of aromatic amines is 1. The quantitative estimate of drug-likeness (QED) is 0.391. The van der Waals surface area contributed by atoms with Gasteiger partial charge >= 0.3 is 0 Å². The van der Waals surface area contributed by atoms with E-state index in [0.29, 0.717) is 56.0 Å². The molecule has 0 amide bonds. The van der Waals surface area contributed by atoms with E-state index in [9.17, 15) is 4.79 Å². The molecule has 37 heavy (non-hydrogen) atoms. The van der Waals surface area contributed by atoms with Crippen molar-refractivity contribution in [2.45, 2.75) is 51.4 Å². The van der Waals surface area contributed by atoms with Gasteiger partial charge < -0.3 is 19.2 Å². The fourth-order valence-corrected chi connectivity index (χ4v) is 5.25. The Balaban J connectivity index is 1.26. The molecule has 1 N–H and O–H groups in total. The lowest BCUT2D eigenvalue weighted by atomic mass is 10.1. The fourth-order valence-electron chi connectivity index (χ4n) is 5.25. The van der Waals surface area contributed by atoms with Crippen LogP contribution in [0.3, 0.4) is 0 Å². The van der Waals surface area contributed by atoms with E-state index in [-0.39, 0.29) is 5.56 Å². The van der Waals surface area contributed by atoms with E-state index in [0.717, 1.165) is 40.9 Å². The molecule has 2 aromatic carbocycles. The van der Waals surface area contributed by atoms with E-state index in [1.807, 2.05) is 47.1 Å². The molecule has 6 rings (SSSR count). The first-order valence-electron chi connectivity index (χ1n) is 12.7. The van der Waals surface area contributed by atoms with Crippen LogP contribution in [0.25, 0.3) is 10.9 Å². The molecule has 1 aliphatic carbocycles. The second kappa shape index (κ2) is 10.2. The van der Waals surface area contributed by atoms with Gasteiger partial charge in [0, 0.05) is 29.6 Å². The fraction of sp³-hybridized carbons (Fsp3) is 0.407. The van der Waals surface area contributed by atoms with Gasteiger partial charge in [0.1, 0.15) is 19.0 Å². The molecule has 0 radical (unpaired) electrons. The summed E-state index contributed by atoms with van der Waals surface area (Å²) in [7, 11) is 1.66. The van der Waals surface area contributed by atoms with Crippen molar-refractivity contribution in [3.05, 3.63) is 69.8 Å². The molecule has 2 aromatic heterocycles. The third-order valence-corrected chi connectivity index (χ3v) is 7.24. The molecule has 10 heteroatoms. The van der Waals surface area contributed by atoms with Crippen molar-refractivity contribution in [3.8, 4) is 17.2 Å². The highest BCUT2D eigenvalue weighted by Crippen LogP contribution is 2.34. The van der Waals surface area contributed by atoms with E-state index < -0.39 is 0 Å². The van der Waals surface area contributed by atoms with Gasteiger partial charge in [-0.15, -0.1) is 5.10 Å². The molecule has 0 saturated heterocycles. The van der Waals surface area contributed by atoms with Crippen molar-refractivity contribution in [2.24, 2.45) is 0 Å². The van der Waals surface area contributed by atoms with Crippen LogP contribution in [0.5, 0.6) is 17.2 Å². The van der Waals surface area contributed by atoms with Gasteiger partial charge in [-0.3, -0.25) is 9.69 Å². The zero-order chi connectivity index (χ0) is 25.2. The van der Waals surface area contributed by atoms with E-state index in [4.69, 9.17) is 14.2 Å². The molecule has 2 aliphatic rings. The highest BCUT2D eigenvalue weighted by atomic mass is 16.6. The number of nitrogens with zero attached hydrogens (tertiary/aromatic N) is 5. The Kier molecular flexibility index (Phi) is 6.48. The third kappa shape index (κ3) is 5.01. The van der Waals surface area contributed by atoms with Gasteiger partial charge in [0.05, 0.1) is 25.7 Å². The van der Waals surface area contributed by atoms with E-state index in [1.54, 1.807) is 7.11 Å². The summed E-state index contributed by atoms with van der Waals surface area (Å²) in [6.07, 6.45) is 4.58. The maximum Gasteiger partial charge on any atom is 0.252 e. The third-order valence-electron chi connectivity index (χ3n) is 7.24. The van der Waals surface area contributed by atoms with Crippen molar-refractivity contribution < 1.29 is 14.2 Å². The minimum Gasteiger partial charge on any atom is -0.497 e. The minimum atomic E-state index is -0.0926. The van der Waals surface area contributed by atoms with Crippen molar-refractivity contribution >= 4 is 10.9 Å². The molecule has 0 bridgehead atoms. The van der Waals surface area contributed by atoms with Crippen LogP contribution < -0.4 is 19.8 Å². The number of aromatic nitrogens is 5. The van der Waals surface area contributed by atoms with Crippen molar-refractivity contribution in [1.82, 2.24) is 30.1 Å². The zero-order valence-corrected chi connectivity index (χ0v) is 20.9. The molecule has 0 atom stereocenters. The van der Waals surface area contributed by atoms with Gasteiger partial charge in [-0.05, 0) is 53.1 Å². The molecule has 10 nitrogen and oxygen atoms in total. The largest absolute Gasteiger partial charge is 0.497 e. The highest BCUT2D eigenvalue weighted by Gasteiger charge is 2.26. The van der Waals surface area contributed by atoms with Crippen LogP contribution in [0, 0.1) is 0 Å². The normalized spacial score (nSPS) is 15.5. The molecular formula is C27H30N6O4. The monoisotopic (exact) mass is 502 g/mol. The summed E-state index contributed by atoms with van der Waals surface area (Å²) in [5.74, 6) is 2.97. The zero-order valence-electron chi connectivity index (χ0n) is 20.9. The summed E-state index contributed by atoms with van der Waals surface area (Å²) in [6.45, 7) is 2.67. The first kappa shape index (κ1) is 23.5. The van der Waals surface area contributed by atoms with Gasteiger partial charge in [0.25, 0.3) is 5.56 Å². The van der Waals surface area contributed by atoms with Crippen LogP contribution in [-0.2, 0) is 19.6 Å². The molecule has 4 aromatic rings. The summed E-state index contributed by atoms with van der Waals surface area (Å²) >= 11 is 0. The number of tetrazole rings is 1. The predicted molar refractivity (Wildman–Crippen MR) is 137 cm³/mol. The number of benzene rings is 2. The average molecular weight is 503 g/mol. The minimum absolute atomic E-state index is 0.0926. The standard InChI is InChI=1S/C27H30N6O4/c1-35-22-8-6-18(7-9-22)15-33-26(29-30-31-33)17-32(21-4-2-3-5-21)16-20-12-19-13-24-25(37-11-10-36-24)14-23(19)28-27(20)34/h6-9,12-14,21H,2-5,10-11,15-17H2,1H3,(H,28,34). The number of pyridine rings is 1. The lowest BCUT2D eigenvalue weighted by Crippen LogP contribution is -2.35. The Morgan fingerprint density at radius 3 is 2.57 bits per heavy atom. The van der Waals surface area contributed by atoms with E-state index >= 15 is 0 Å². The van der Waals surface area contributed by atoms with Crippen molar-refractivity contribution in [3.63, 3.8) is 0 Å². The number of methoxy groups -OCH3 is 1. The van der Waals surface area contributed by atoms with Crippen LogP contribution >= 0.6 is 0 Å². The van der Waals surface area contributed by atoms with Crippen LogP contribution in [-0.4, -0.2) is 56.5 Å². The molecule has 0 unspecified atom stereocenters. The summed E-state index contributed by atoms with van der Waals surface area (Å²) in [4.78, 5) is 18.5. The van der Waals surface area contributed by atoms with Crippen molar-refractivity contribution in [2.75, 3.05) is 20.3 Å². The van der Waals surface area contributed by atoms with Crippen LogP contribution in [0.2, 0.25) is 0 Å². The average Bonchev–Trinajstić information content (AvgIpc) is 3.61. The van der Waals surface area contributed by atoms with Gasteiger partial charge in [0.2, 0.25) is 0 Å². The molecule has 192 valence electrons. The van der Waals surface area contributed by atoms with Gasteiger partial charge in [-0.1, -0.05) is 25.0 Å². The second-order valence-corrected chi connectivity index (χ2v) is 9.65. The summed E-state index contributed by atoms with van der Waals surface area (Å²) in [6, 6.07) is 14.0. The molecule has 1 aliphatic heterocycles. The summed E-state index contributed by atoms with van der Waals surface area (Å²) in [5.41, 5.74) is 2.45. The number of rotatable bonds is 8. The molecule has 1 saturated carbocycles. The van der Waals surface area contributed by atoms with Gasteiger partial charge in [0.15, 0.2) is 17.3 Å². The molecule has 0 spiro atoms. The number of fused-ring (bicyclic) bond motifs is 2. The summed E-state index contributed by atoms with van der Waals surface area (Å²) in [5, 5.41) is 13.5. The Morgan fingerprint density at radius 1 is 1.05 bits per heavy atom. The SMILES string of the molecule is COc1ccc(Cn2nnnc2CN(Cc2cc3cc4c(cc3[nH]c2=O)OCCO4)C2CCCC2)cc1. The topological polar surface area (TPSA) is 107 Å². The number of hydrogen-bond donors (Lipinski definition) is 1. The molecule has 1 fully saturated rings. The summed E-state index contributed by atoms with van der Waals surface area (Å²) < 4.78 is 18.5. The predicted octanol–water partition coefficient (Wildman–Crippen LogP) is 3.29. The molecule has 3 heterocycles. The van der Waals surface area contributed by atoms with Gasteiger partial charge in [-0.2, -0.15) is 0 Å². The number of hydrogen-bond acceptors (Lipinski definition) is 8. The highest BCUT2D eigenvalue weighted by molar-refractivity contribution is 5.83. The lowest BCUT2D eigenvalue weighted by molar-refractivity contribution is 0.171. The Bertz CT molecular complexity index is 1440.